The van der Waals surface area contributed by atoms with Crippen molar-refractivity contribution in [2.45, 2.75) is 19.9 Å². The van der Waals surface area contributed by atoms with Crippen LogP contribution < -0.4 is 5.32 Å². The van der Waals surface area contributed by atoms with Crippen molar-refractivity contribution < 1.29 is 4.79 Å². The number of nitrogens with zero attached hydrogens (tertiary/aromatic N) is 3. The maximum atomic E-state index is 12.3. The predicted molar refractivity (Wildman–Crippen MR) is 91.3 cm³/mol. The Morgan fingerprint density at radius 3 is 2.83 bits per heavy atom. The first kappa shape index (κ1) is 17.1. The van der Waals surface area contributed by atoms with E-state index in [-0.39, 0.29) is 17.6 Å². The van der Waals surface area contributed by atoms with Gasteiger partial charge in [-0.25, -0.2) is 0 Å². The first-order valence-corrected chi connectivity index (χ1v) is 8.54. The van der Waals surface area contributed by atoms with Gasteiger partial charge in [-0.05, 0) is 47.6 Å². The average molecular weight is 328 g/mol. The largest absolute Gasteiger partial charge is 0.349 e. The zero-order valence-corrected chi connectivity index (χ0v) is 14.1. The van der Waals surface area contributed by atoms with Crippen LogP contribution in [0.4, 0.5) is 0 Å². The Kier molecular flexibility index (Phi) is 6.27. The molecule has 0 aliphatic rings. The van der Waals surface area contributed by atoms with E-state index in [9.17, 15) is 4.79 Å². The summed E-state index contributed by atoms with van der Waals surface area (Å²) in [6.45, 7) is 6.56. The molecule has 0 spiro atoms. The molecule has 2 aromatic heterocycles. The average Bonchev–Trinajstić information content (AvgIpc) is 3.12. The maximum absolute atomic E-state index is 12.3. The van der Waals surface area contributed by atoms with Crippen LogP contribution in [-0.4, -0.2) is 35.4 Å². The van der Waals surface area contributed by atoms with E-state index in [4.69, 9.17) is 5.26 Å². The maximum Gasteiger partial charge on any atom is 0.269 e. The van der Waals surface area contributed by atoms with Crippen LogP contribution in [-0.2, 0) is 0 Å². The lowest BCUT2D eigenvalue weighted by Crippen LogP contribution is -2.38. The van der Waals surface area contributed by atoms with Crippen LogP contribution in [0.25, 0.3) is 0 Å². The molecule has 0 bridgehead atoms. The highest BCUT2D eigenvalue weighted by molar-refractivity contribution is 7.07. The third-order valence-corrected chi connectivity index (χ3v) is 4.46. The van der Waals surface area contributed by atoms with Gasteiger partial charge in [0.05, 0.1) is 17.7 Å². The van der Waals surface area contributed by atoms with Crippen LogP contribution in [0.5, 0.6) is 0 Å². The van der Waals surface area contributed by atoms with Gasteiger partial charge in [-0.3, -0.25) is 14.7 Å². The zero-order valence-electron chi connectivity index (χ0n) is 13.3. The molecule has 2 aromatic rings. The van der Waals surface area contributed by atoms with E-state index in [0.717, 1.165) is 13.1 Å². The summed E-state index contributed by atoms with van der Waals surface area (Å²) in [5, 5.41) is 16.0. The number of carbonyl (C=O) groups excluding carboxylic acids is 1. The van der Waals surface area contributed by atoms with Crippen LogP contribution in [0.1, 0.15) is 41.5 Å². The van der Waals surface area contributed by atoms with Gasteiger partial charge in [0.1, 0.15) is 5.69 Å². The van der Waals surface area contributed by atoms with Gasteiger partial charge in [-0.1, -0.05) is 13.8 Å². The van der Waals surface area contributed by atoms with Gasteiger partial charge < -0.3 is 5.32 Å². The second-order valence-electron chi connectivity index (χ2n) is 5.05. The molecule has 2 rings (SSSR count). The van der Waals surface area contributed by atoms with Crippen LogP contribution in [0, 0.1) is 11.3 Å². The van der Waals surface area contributed by atoms with Crippen molar-refractivity contribution in [2.75, 3.05) is 19.6 Å². The van der Waals surface area contributed by atoms with Crippen LogP contribution in [0.15, 0.2) is 35.2 Å². The summed E-state index contributed by atoms with van der Waals surface area (Å²) in [4.78, 5) is 18.6. The van der Waals surface area contributed by atoms with E-state index < -0.39 is 0 Å². The molecule has 0 saturated heterocycles. The number of pyridine rings is 1. The normalized spacial score (nSPS) is 11.9. The van der Waals surface area contributed by atoms with Crippen molar-refractivity contribution >= 4 is 17.2 Å². The van der Waals surface area contributed by atoms with Gasteiger partial charge >= 0.3 is 0 Å². The summed E-state index contributed by atoms with van der Waals surface area (Å²) in [5.41, 5.74) is 1.91. The topological polar surface area (TPSA) is 69.0 Å². The molecule has 0 fully saturated rings. The van der Waals surface area contributed by atoms with Gasteiger partial charge in [0.15, 0.2) is 0 Å². The molecule has 0 aromatic carbocycles. The Hall–Kier alpha value is -2.23. The number of nitriles is 1. The highest BCUT2D eigenvalue weighted by atomic mass is 32.1. The number of hydrogen-bond donors (Lipinski definition) is 1. The summed E-state index contributed by atoms with van der Waals surface area (Å²) in [6, 6.07) is 7.34. The number of rotatable bonds is 7. The second kappa shape index (κ2) is 8.42. The van der Waals surface area contributed by atoms with Crippen molar-refractivity contribution in [3.05, 3.63) is 52.0 Å². The molecular formula is C17H20N4OS. The summed E-state index contributed by atoms with van der Waals surface area (Å²) in [7, 11) is 0. The van der Waals surface area contributed by atoms with Crippen LogP contribution in [0.3, 0.4) is 0 Å². The minimum absolute atomic E-state index is 0.138. The number of hydrogen-bond acceptors (Lipinski definition) is 5. The SMILES string of the molecule is CCN(CC)[C@@H](CNC(=O)c1cc(C#N)ccn1)c1ccsc1. The third-order valence-electron chi connectivity index (χ3n) is 3.76. The molecule has 0 unspecified atom stereocenters. The fraction of sp³-hybridized carbons (Fsp3) is 0.353. The number of aromatic nitrogens is 1. The molecule has 0 aliphatic carbocycles. The molecule has 120 valence electrons. The number of amides is 1. The Balaban J connectivity index is 2.08. The first-order valence-electron chi connectivity index (χ1n) is 7.60. The Labute approximate surface area is 140 Å². The zero-order chi connectivity index (χ0) is 16.7. The summed E-state index contributed by atoms with van der Waals surface area (Å²) in [5.74, 6) is -0.255. The highest BCUT2D eigenvalue weighted by Crippen LogP contribution is 2.22. The number of carbonyl (C=O) groups is 1. The lowest BCUT2D eigenvalue weighted by molar-refractivity contribution is 0.0930. The van der Waals surface area contributed by atoms with E-state index in [1.54, 1.807) is 17.4 Å². The van der Waals surface area contributed by atoms with Crippen molar-refractivity contribution in [1.29, 1.82) is 5.26 Å². The second-order valence-corrected chi connectivity index (χ2v) is 5.83. The van der Waals surface area contributed by atoms with E-state index in [1.165, 1.54) is 17.8 Å². The van der Waals surface area contributed by atoms with Gasteiger partial charge in [0.2, 0.25) is 0 Å². The van der Waals surface area contributed by atoms with Crippen molar-refractivity contribution in [2.24, 2.45) is 0 Å². The summed E-state index contributed by atoms with van der Waals surface area (Å²) < 4.78 is 0. The molecule has 5 nitrogen and oxygen atoms in total. The van der Waals surface area contributed by atoms with Gasteiger partial charge in [0, 0.05) is 12.7 Å². The monoisotopic (exact) mass is 328 g/mol. The molecule has 1 amide bonds. The van der Waals surface area contributed by atoms with Crippen LogP contribution in [0.2, 0.25) is 0 Å². The van der Waals surface area contributed by atoms with Gasteiger partial charge in [-0.2, -0.15) is 16.6 Å². The Morgan fingerprint density at radius 2 is 2.22 bits per heavy atom. The fourth-order valence-electron chi connectivity index (χ4n) is 2.49. The van der Waals surface area contributed by atoms with E-state index >= 15 is 0 Å². The molecule has 23 heavy (non-hydrogen) atoms. The molecule has 0 aliphatic heterocycles. The number of likely N-dealkylation sites (N-methyl/N-ethyl adjacent to an activating group) is 1. The van der Waals surface area contributed by atoms with E-state index in [0.29, 0.717) is 12.1 Å². The first-order chi connectivity index (χ1) is 11.2. The molecule has 6 heteroatoms. The quantitative estimate of drug-likeness (QED) is 0.848. The highest BCUT2D eigenvalue weighted by Gasteiger charge is 2.20. The number of thiophene rings is 1. The summed E-state index contributed by atoms with van der Waals surface area (Å²) >= 11 is 1.65. The van der Waals surface area contributed by atoms with Gasteiger partial charge in [0.25, 0.3) is 5.91 Å². The fourth-order valence-corrected chi connectivity index (χ4v) is 3.20. The molecular weight excluding hydrogens is 308 g/mol. The smallest absolute Gasteiger partial charge is 0.269 e. The molecule has 0 saturated carbocycles. The summed E-state index contributed by atoms with van der Waals surface area (Å²) in [6.07, 6.45) is 1.48. The molecule has 2 heterocycles. The Morgan fingerprint density at radius 1 is 1.43 bits per heavy atom. The third kappa shape index (κ3) is 4.38. The van der Waals surface area contributed by atoms with Gasteiger partial charge in [-0.15, -0.1) is 0 Å². The van der Waals surface area contributed by atoms with Crippen molar-refractivity contribution in [1.82, 2.24) is 15.2 Å². The molecule has 0 radical (unpaired) electrons. The standard InChI is InChI=1S/C17H20N4OS/c1-3-21(4-2)16(14-6-8-23-12-14)11-20-17(22)15-9-13(10-18)5-7-19-15/h5-9,12,16H,3-4,11H2,1-2H3,(H,20,22)/t16-/m0/s1. The van der Waals surface area contributed by atoms with Crippen molar-refractivity contribution in [3.63, 3.8) is 0 Å². The van der Waals surface area contributed by atoms with Crippen LogP contribution >= 0.6 is 11.3 Å². The van der Waals surface area contributed by atoms with Crippen molar-refractivity contribution in [3.8, 4) is 6.07 Å². The van der Waals surface area contributed by atoms with E-state index in [2.05, 4.69) is 40.5 Å². The molecule has 1 N–H and O–H groups in total. The molecule has 1 atom stereocenters. The minimum Gasteiger partial charge on any atom is -0.349 e. The predicted octanol–water partition coefficient (Wildman–Crippen LogP) is 2.83. The van der Waals surface area contributed by atoms with E-state index in [1.807, 2.05) is 11.4 Å². The lowest BCUT2D eigenvalue weighted by Gasteiger charge is -2.29. The Bertz CT molecular complexity index is 674. The number of nitrogens with one attached hydrogen (secondary N) is 1. The minimum atomic E-state index is -0.255. The lowest BCUT2D eigenvalue weighted by atomic mass is 10.1.